The molecule has 2 aromatic rings. The Balaban J connectivity index is 1.46. The highest BCUT2D eigenvalue weighted by Crippen LogP contribution is 2.45. The van der Waals surface area contributed by atoms with Crippen LogP contribution in [0.4, 0.5) is 0 Å². The van der Waals surface area contributed by atoms with Crippen LogP contribution in [0.5, 0.6) is 0 Å². The van der Waals surface area contributed by atoms with Gasteiger partial charge in [-0.3, -0.25) is 9.52 Å². The summed E-state index contributed by atoms with van der Waals surface area (Å²) >= 11 is 0. The maximum atomic E-state index is 13.0. The SMILES string of the molecule is CC(C)[C@H](N)c1nc(-c2cccc(S(=O)(=O)NC3=CC=C(NC(=O)C4(C)CC4)CC3)c2)no1. The molecule has 1 aromatic carbocycles. The molecule has 1 aromatic heterocycles. The Morgan fingerprint density at radius 2 is 1.88 bits per heavy atom. The largest absolute Gasteiger partial charge is 0.337 e. The molecule has 0 radical (unpaired) electrons. The van der Waals surface area contributed by atoms with E-state index in [1.807, 2.05) is 20.8 Å². The number of aromatic nitrogens is 2. The van der Waals surface area contributed by atoms with Crippen molar-refractivity contribution in [2.75, 3.05) is 0 Å². The summed E-state index contributed by atoms with van der Waals surface area (Å²) in [4.78, 5) is 16.6. The third-order valence-electron chi connectivity index (χ3n) is 6.08. The molecule has 2 aliphatic carbocycles. The normalized spacial score (nSPS) is 18.3. The van der Waals surface area contributed by atoms with Crippen molar-refractivity contribution in [2.24, 2.45) is 17.1 Å². The van der Waals surface area contributed by atoms with Crippen molar-refractivity contribution < 1.29 is 17.7 Å². The summed E-state index contributed by atoms with van der Waals surface area (Å²) in [6.45, 7) is 5.85. The minimum Gasteiger partial charge on any atom is -0.337 e. The van der Waals surface area contributed by atoms with Gasteiger partial charge in [-0.05, 0) is 55.9 Å². The molecule has 0 bridgehead atoms. The Labute approximate surface area is 193 Å². The number of sulfonamides is 1. The minimum atomic E-state index is -3.81. The predicted octanol–water partition coefficient (Wildman–Crippen LogP) is 3.15. The van der Waals surface area contributed by atoms with Crippen LogP contribution in [0.3, 0.4) is 0 Å². The van der Waals surface area contributed by atoms with Gasteiger partial charge in [-0.2, -0.15) is 4.98 Å². The fourth-order valence-electron chi connectivity index (χ4n) is 3.34. The third kappa shape index (κ3) is 5.17. The van der Waals surface area contributed by atoms with Crippen molar-refractivity contribution in [1.29, 1.82) is 0 Å². The number of rotatable bonds is 8. The number of nitrogens with two attached hydrogens (primary N) is 1. The van der Waals surface area contributed by atoms with Crippen LogP contribution < -0.4 is 15.8 Å². The first-order valence-corrected chi connectivity index (χ1v) is 12.5. The predicted molar refractivity (Wildman–Crippen MR) is 123 cm³/mol. The topological polar surface area (TPSA) is 140 Å². The van der Waals surface area contributed by atoms with Crippen molar-refractivity contribution in [1.82, 2.24) is 20.2 Å². The Morgan fingerprint density at radius 1 is 1.18 bits per heavy atom. The molecule has 1 saturated carbocycles. The molecule has 4 rings (SSSR count). The van der Waals surface area contributed by atoms with Gasteiger partial charge in [0.1, 0.15) is 0 Å². The van der Waals surface area contributed by atoms with Gasteiger partial charge in [-0.25, -0.2) is 8.42 Å². The van der Waals surface area contributed by atoms with Gasteiger partial charge in [0.25, 0.3) is 10.0 Å². The number of amides is 1. The lowest BCUT2D eigenvalue weighted by atomic mass is 10.1. The van der Waals surface area contributed by atoms with E-state index in [1.54, 1.807) is 24.3 Å². The van der Waals surface area contributed by atoms with Crippen LogP contribution in [-0.4, -0.2) is 24.5 Å². The van der Waals surface area contributed by atoms with E-state index in [2.05, 4.69) is 20.2 Å². The van der Waals surface area contributed by atoms with Gasteiger partial charge < -0.3 is 15.6 Å². The summed E-state index contributed by atoms with van der Waals surface area (Å²) in [7, 11) is -3.81. The van der Waals surface area contributed by atoms with Gasteiger partial charge in [0.2, 0.25) is 17.6 Å². The van der Waals surface area contributed by atoms with E-state index >= 15 is 0 Å². The lowest BCUT2D eigenvalue weighted by Gasteiger charge is -2.18. The Bertz CT molecular complexity index is 1220. The van der Waals surface area contributed by atoms with Crippen LogP contribution in [0.2, 0.25) is 0 Å². The van der Waals surface area contributed by atoms with Gasteiger partial charge in [0.15, 0.2) is 0 Å². The smallest absolute Gasteiger partial charge is 0.261 e. The van der Waals surface area contributed by atoms with Crippen LogP contribution in [0.25, 0.3) is 11.4 Å². The number of carbonyl (C=O) groups is 1. The van der Waals surface area contributed by atoms with E-state index in [1.165, 1.54) is 12.1 Å². The average Bonchev–Trinajstić information content (AvgIpc) is 3.35. The zero-order valence-corrected chi connectivity index (χ0v) is 19.8. The molecule has 1 fully saturated rings. The van der Waals surface area contributed by atoms with Gasteiger partial charge in [-0.1, -0.05) is 38.1 Å². The lowest BCUT2D eigenvalue weighted by Crippen LogP contribution is -2.31. The summed E-state index contributed by atoms with van der Waals surface area (Å²) < 4.78 is 33.8. The second-order valence-corrected chi connectivity index (χ2v) is 10.9. The summed E-state index contributed by atoms with van der Waals surface area (Å²) in [5, 5.41) is 6.89. The van der Waals surface area contributed by atoms with Crippen LogP contribution in [0.15, 0.2) is 57.2 Å². The maximum absolute atomic E-state index is 13.0. The molecule has 1 heterocycles. The molecule has 33 heavy (non-hydrogen) atoms. The van der Waals surface area contributed by atoms with Crippen molar-refractivity contribution in [3.8, 4) is 11.4 Å². The zero-order chi connectivity index (χ0) is 23.8. The van der Waals surface area contributed by atoms with Crippen molar-refractivity contribution in [2.45, 2.75) is 57.4 Å². The minimum absolute atomic E-state index is 0.0296. The standard InChI is InChI=1S/C23H29N5O4S/c1-14(2)19(24)21-26-20(27-32-21)15-5-4-6-18(13-15)33(30,31)28-17-9-7-16(8-10-17)25-22(29)23(3)11-12-23/h4-7,9,13-14,19,28H,8,10-12,24H2,1-3H3,(H,25,29)/t19-/m0/s1. The molecule has 0 unspecified atom stereocenters. The number of benzene rings is 1. The van der Waals surface area contributed by atoms with E-state index < -0.39 is 16.1 Å². The zero-order valence-electron chi connectivity index (χ0n) is 19.0. The second-order valence-electron chi connectivity index (χ2n) is 9.26. The summed E-state index contributed by atoms with van der Waals surface area (Å²) in [6, 6.07) is 5.95. The quantitative estimate of drug-likeness (QED) is 0.537. The van der Waals surface area contributed by atoms with E-state index in [0.717, 1.165) is 18.5 Å². The first-order valence-electron chi connectivity index (χ1n) is 11.0. The highest BCUT2D eigenvalue weighted by molar-refractivity contribution is 7.89. The number of hydrogen-bond acceptors (Lipinski definition) is 7. The lowest BCUT2D eigenvalue weighted by molar-refractivity contribution is -0.125. The third-order valence-corrected chi connectivity index (χ3v) is 7.49. The first kappa shape index (κ1) is 23.2. The van der Waals surface area contributed by atoms with Crippen LogP contribution in [0.1, 0.15) is 58.4 Å². The Kier molecular flexibility index (Phi) is 6.15. The highest BCUT2D eigenvalue weighted by atomic mass is 32.2. The van der Waals surface area contributed by atoms with E-state index in [0.29, 0.717) is 30.0 Å². The van der Waals surface area contributed by atoms with Gasteiger partial charge in [0, 0.05) is 22.4 Å². The highest BCUT2D eigenvalue weighted by Gasteiger charge is 2.45. The molecule has 10 heteroatoms. The first-order chi connectivity index (χ1) is 15.6. The molecule has 0 spiro atoms. The van der Waals surface area contributed by atoms with Gasteiger partial charge >= 0.3 is 0 Å². The van der Waals surface area contributed by atoms with Crippen molar-refractivity contribution >= 4 is 15.9 Å². The van der Waals surface area contributed by atoms with Crippen molar-refractivity contribution in [3.63, 3.8) is 0 Å². The summed E-state index contributed by atoms with van der Waals surface area (Å²) in [5.41, 5.74) is 7.67. The fraction of sp³-hybridized carbons (Fsp3) is 0.435. The summed E-state index contributed by atoms with van der Waals surface area (Å²) in [5.74, 6) is 0.742. The van der Waals surface area contributed by atoms with E-state index in [4.69, 9.17) is 10.3 Å². The molecule has 176 valence electrons. The molecular weight excluding hydrogens is 442 g/mol. The second kappa shape index (κ2) is 8.75. The number of nitrogens with one attached hydrogen (secondary N) is 2. The molecule has 9 nitrogen and oxygen atoms in total. The van der Waals surface area contributed by atoms with Crippen LogP contribution in [0, 0.1) is 11.3 Å². The molecule has 4 N–H and O–H groups in total. The van der Waals surface area contributed by atoms with Crippen molar-refractivity contribution in [3.05, 3.63) is 53.7 Å². The van der Waals surface area contributed by atoms with Gasteiger partial charge in [0.05, 0.1) is 10.9 Å². The molecule has 0 saturated heterocycles. The van der Waals surface area contributed by atoms with E-state index in [9.17, 15) is 13.2 Å². The van der Waals surface area contributed by atoms with Crippen LogP contribution >= 0.6 is 0 Å². The maximum Gasteiger partial charge on any atom is 0.261 e. The fourth-order valence-corrected chi connectivity index (χ4v) is 4.52. The Morgan fingerprint density at radius 3 is 2.52 bits per heavy atom. The molecule has 0 aliphatic heterocycles. The van der Waals surface area contributed by atoms with Crippen LogP contribution in [-0.2, 0) is 14.8 Å². The molecule has 2 aliphatic rings. The number of allylic oxidation sites excluding steroid dienone is 4. The number of hydrogen-bond donors (Lipinski definition) is 3. The van der Waals surface area contributed by atoms with E-state index in [-0.39, 0.29) is 28.0 Å². The average molecular weight is 472 g/mol. The molecule has 1 atom stereocenters. The summed E-state index contributed by atoms with van der Waals surface area (Å²) in [6.07, 6.45) is 6.28. The Hall–Kier alpha value is -2.98. The number of nitrogens with zero attached hydrogens (tertiary/aromatic N) is 2. The monoisotopic (exact) mass is 471 g/mol. The van der Waals surface area contributed by atoms with Gasteiger partial charge in [-0.15, -0.1) is 0 Å². The molecular formula is C23H29N5O4S. The molecule has 1 amide bonds. The number of carbonyl (C=O) groups excluding carboxylic acids is 1.